The quantitative estimate of drug-likeness (QED) is 0.170. The molecule has 10 aromatic carbocycles. The Bertz CT molecular complexity index is 3900. The van der Waals surface area contributed by atoms with Crippen molar-refractivity contribution in [3.63, 3.8) is 0 Å². The molecule has 3 aliphatic carbocycles. The topological polar surface area (TPSA) is 18.1 Å². The molecule has 2 nitrogen and oxygen atoms in total. The zero-order chi connectivity index (χ0) is 41.7. The third-order valence-corrected chi connectivity index (χ3v) is 15.1. The molecule has 3 aliphatic rings. The van der Waals surface area contributed by atoms with E-state index in [2.05, 4.69) is 223 Å². The van der Waals surface area contributed by atoms with Crippen LogP contribution in [-0.4, -0.2) is 4.57 Å². The number of fused-ring (bicyclic) bond motifs is 15. The van der Waals surface area contributed by atoms with E-state index < -0.39 is 10.8 Å². The molecule has 2 heterocycles. The number of hydrogen-bond donors (Lipinski definition) is 0. The summed E-state index contributed by atoms with van der Waals surface area (Å²) in [6.07, 6.45) is 0. The molecule has 0 amide bonds. The van der Waals surface area contributed by atoms with Gasteiger partial charge in [-0.2, -0.15) is 0 Å². The van der Waals surface area contributed by atoms with Gasteiger partial charge in [-0.3, -0.25) is 0 Å². The first kappa shape index (κ1) is 34.4. The predicted octanol–water partition coefficient (Wildman–Crippen LogP) is 15.7. The van der Waals surface area contributed by atoms with Gasteiger partial charge in [0.1, 0.15) is 11.2 Å². The molecule has 296 valence electrons. The van der Waals surface area contributed by atoms with E-state index in [-0.39, 0.29) is 0 Å². The van der Waals surface area contributed by atoms with Crippen molar-refractivity contribution in [2.24, 2.45) is 0 Å². The van der Waals surface area contributed by atoms with Crippen molar-refractivity contribution >= 4 is 43.7 Å². The van der Waals surface area contributed by atoms with Crippen molar-refractivity contribution in [2.75, 3.05) is 0 Å². The lowest BCUT2D eigenvalue weighted by Gasteiger charge is -2.62. The third-order valence-electron chi connectivity index (χ3n) is 15.1. The number of nitrogens with zero attached hydrogens (tertiary/aromatic N) is 1. The normalized spacial score (nSPS) is 17.5. The molecule has 15 rings (SSSR count). The Morgan fingerprint density at radius 3 is 1.36 bits per heavy atom. The van der Waals surface area contributed by atoms with Crippen LogP contribution in [0.15, 0.2) is 229 Å². The van der Waals surface area contributed by atoms with Gasteiger partial charge in [-0.05, 0) is 109 Å². The Hall–Kier alpha value is -8.20. The molecule has 0 spiro atoms. The van der Waals surface area contributed by atoms with Gasteiger partial charge in [0.2, 0.25) is 0 Å². The summed E-state index contributed by atoms with van der Waals surface area (Å²) in [6, 6.07) is 84.3. The molecule has 0 atom stereocenters. The lowest BCUT2D eigenvalue weighted by atomic mass is 9.38. The lowest BCUT2D eigenvalue weighted by Crippen LogP contribution is -2.58. The SMILES string of the molecule is c1ccc2c(c1)-c1ccccc1C13c4ccccc4-c4ccccc4C21c1ccccc1-c1cc(-n2c4ccccc4c4cc(-c5cccc6c5oc5ccccc56)ccc42)ccc13. The Morgan fingerprint density at radius 2 is 0.750 bits per heavy atom. The molecule has 12 aromatic rings. The molecule has 0 saturated carbocycles. The first-order chi connectivity index (χ1) is 31.8. The maximum atomic E-state index is 6.55. The Kier molecular flexibility index (Phi) is 6.58. The van der Waals surface area contributed by atoms with E-state index in [1.54, 1.807) is 0 Å². The van der Waals surface area contributed by atoms with Crippen LogP contribution in [-0.2, 0) is 10.8 Å². The molecule has 0 bridgehead atoms. The fraction of sp³-hybridized carbons (Fsp3) is 0.0323. The minimum atomic E-state index is -0.585. The highest BCUT2D eigenvalue weighted by Gasteiger charge is 2.66. The molecular weight excluding hydrogens is 775 g/mol. The van der Waals surface area contributed by atoms with E-state index >= 15 is 0 Å². The molecule has 0 saturated heterocycles. The highest BCUT2D eigenvalue weighted by molar-refractivity contribution is 6.13. The summed E-state index contributed by atoms with van der Waals surface area (Å²) in [5, 5.41) is 4.72. The number of para-hydroxylation sites is 3. The van der Waals surface area contributed by atoms with Crippen molar-refractivity contribution in [1.82, 2.24) is 4.57 Å². The minimum absolute atomic E-state index is 0.556. The molecule has 2 heteroatoms. The highest BCUT2D eigenvalue weighted by atomic mass is 16.3. The van der Waals surface area contributed by atoms with E-state index in [4.69, 9.17) is 4.42 Å². The summed E-state index contributed by atoms with van der Waals surface area (Å²) >= 11 is 0. The fourth-order valence-corrected chi connectivity index (χ4v) is 12.9. The molecule has 2 aromatic heterocycles. The zero-order valence-corrected chi connectivity index (χ0v) is 34.7. The maximum Gasteiger partial charge on any atom is 0.143 e. The first-order valence-corrected chi connectivity index (χ1v) is 22.3. The third kappa shape index (κ3) is 3.99. The van der Waals surface area contributed by atoms with Crippen molar-refractivity contribution in [3.05, 3.63) is 258 Å². The fourth-order valence-electron chi connectivity index (χ4n) is 12.9. The van der Waals surface area contributed by atoms with Gasteiger partial charge in [0.05, 0.1) is 21.9 Å². The van der Waals surface area contributed by atoms with Crippen molar-refractivity contribution < 1.29 is 4.42 Å². The summed E-state index contributed by atoms with van der Waals surface area (Å²) in [5.74, 6) is 0. The monoisotopic (exact) mass is 811 g/mol. The molecule has 0 fully saturated rings. The van der Waals surface area contributed by atoms with Crippen LogP contribution in [0.3, 0.4) is 0 Å². The average molecular weight is 812 g/mol. The van der Waals surface area contributed by atoms with Gasteiger partial charge in [0, 0.05) is 32.8 Å². The number of aromatic nitrogens is 1. The summed E-state index contributed by atoms with van der Waals surface area (Å²) in [4.78, 5) is 0. The molecule has 0 N–H and O–H groups in total. The minimum Gasteiger partial charge on any atom is -0.455 e. The lowest BCUT2D eigenvalue weighted by molar-refractivity contribution is 0.405. The summed E-state index contributed by atoms with van der Waals surface area (Å²) in [6.45, 7) is 0. The van der Waals surface area contributed by atoms with Gasteiger partial charge in [-0.1, -0.05) is 188 Å². The highest BCUT2D eigenvalue weighted by Crippen LogP contribution is 2.73. The molecule has 0 aliphatic heterocycles. The van der Waals surface area contributed by atoms with Crippen LogP contribution in [0.1, 0.15) is 33.4 Å². The number of furan rings is 1. The van der Waals surface area contributed by atoms with Gasteiger partial charge in [-0.25, -0.2) is 0 Å². The maximum absolute atomic E-state index is 6.55. The number of hydrogen-bond acceptors (Lipinski definition) is 1. The second-order valence-electron chi connectivity index (χ2n) is 17.8. The summed E-state index contributed by atoms with van der Waals surface area (Å²) in [5.41, 5.74) is 22.3. The number of benzene rings is 10. The molecule has 0 radical (unpaired) electrons. The standard InChI is InChI=1S/C62H37NO/c1-8-25-51-41(16-1)43-18-3-10-27-53(43)62-54-28-11-4-19-44(54)42-17-2-9-26-52(42)61(51,62)55-29-12-5-20-45(55)49-37-39(33-34-56(49)62)63-57-30-13-6-21-46(57)50-36-38(32-35-58(50)63)40-23-15-24-48-47-22-7-14-31-59(47)64-60(40)48/h1-37H. The molecule has 0 unspecified atom stereocenters. The van der Waals surface area contributed by atoms with Gasteiger partial charge in [0.15, 0.2) is 0 Å². The second kappa shape index (κ2) is 12.2. The first-order valence-electron chi connectivity index (χ1n) is 22.3. The van der Waals surface area contributed by atoms with Crippen LogP contribution in [0.4, 0.5) is 0 Å². The molecule has 64 heavy (non-hydrogen) atoms. The average Bonchev–Trinajstić information content (AvgIpc) is 3.92. The summed E-state index contributed by atoms with van der Waals surface area (Å²) < 4.78 is 9.02. The largest absolute Gasteiger partial charge is 0.455 e. The van der Waals surface area contributed by atoms with E-state index in [1.165, 1.54) is 88.6 Å². The molecular formula is C62H37NO. The zero-order valence-electron chi connectivity index (χ0n) is 34.7. The van der Waals surface area contributed by atoms with Crippen molar-refractivity contribution in [3.8, 4) is 50.2 Å². The van der Waals surface area contributed by atoms with E-state index in [1.807, 2.05) is 6.07 Å². The van der Waals surface area contributed by atoms with Crippen LogP contribution in [0.25, 0.3) is 93.9 Å². The van der Waals surface area contributed by atoms with Crippen molar-refractivity contribution in [1.29, 1.82) is 0 Å². The second-order valence-corrected chi connectivity index (χ2v) is 17.8. The van der Waals surface area contributed by atoms with Gasteiger partial charge in [-0.15, -0.1) is 0 Å². The predicted molar refractivity (Wildman–Crippen MR) is 262 cm³/mol. The van der Waals surface area contributed by atoms with E-state index in [0.29, 0.717) is 0 Å². The summed E-state index contributed by atoms with van der Waals surface area (Å²) in [7, 11) is 0. The van der Waals surface area contributed by atoms with Crippen LogP contribution in [0.5, 0.6) is 0 Å². The van der Waals surface area contributed by atoms with Crippen LogP contribution in [0.2, 0.25) is 0 Å². The Balaban J connectivity index is 1.04. The number of rotatable bonds is 2. The van der Waals surface area contributed by atoms with Crippen LogP contribution in [0, 0.1) is 0 Å². The van der Waals surface area contributed by atoms with Crippen molar-refractivity contribution in [2.45, 2.75) is 10.8 Å². The smallest absolute Gasteiger partial charge is 0.143 e. The van der Waals surface area contributed by atoms with Crippen LogP contribution < -0.4 is 0 Å². The van der Waals surface area contributed by atoms with Gasteiger partial charge < -0.3 is 8.98 Å². The Morgan fingerprint density at radius 1 is 0.297 bits per heavy atom. The van der Waals surface area contributed by atoms with E-state index in [9.17, 15) is 0 Å². The van der Waals surface area contributed by atoms with Gasteiger partial charge >= 0.3 is 0 Å². The van der Waals surface area contributed by atoms with Gasteiger partial charge in [0.25, 0.3) is 0 Å². The van der Waals surface area contributed by atoms with Crippen LogP contribution >= 0.6 is 0 Å². The Labute approximate surface area is 369 Å². The van der Waals surface area contributed by atoms with E-state index in [0.717, 1.165) is 38.8 Å².